The van der Waals surface area contributed by atoms with E-state index in [0.717, 1.165) is 12.5 Å². The Labute approximate surface area is 433 Å². The smallest absolute Gasteiger partial charge is 0.326 e. The molecule has 0 unspecified atom stereocenters. The molecule has 0 saturated carbocycles. The molecular formula is C46H76N16O13. The Morgan fingerprint density at radius 3 is 1.83 bits per heavy atom. The van der Waals surface area contributed by atoms with E-state index in [9.17, 15) is 63.3 Å². The summed E-state index contributed by atoms with van der Waals surface area (Å²) in [5.41, 5.74) is 34.0. The van der Waals surface area contributed by atoms with Gasteiger partial charge in [0.25, 0.3) is 0 Å². The van der Waals surface area contributed by atoms with E-state index in [4.69, 9.17) is 34.4 Å². The first-order chi connectivity index (χ1) is 35.4. The third-order valence-corrected chi connectivity index (χ3v) is 12.0. The number of aliphatic imine (C=N–C) groups is 2. The van der Waals surface area contributed by atoms with E-state index < -0.39 is 133 Å². The minimum atomic E-state index is -1.73. The molecule has 0 radical (unpaired) electrons. The van der Waals surface area contributed by atoms with Gasteiger partial charge in [0.15, 0.2) is 11.9 Å². The molecule has 75 heavy (non-hydrogen) atoms. The maximum absolute atomic E-state index is 14.2. The molecule has 1 heterocycles. The third kappa shape index (κ3) is 22.6. The van der Waals surface area contributed by atoms with Gasteiger partial charge in [0.1, 0.15) is 42.3 Å². The number of aliphatic carboxylic acids is 1. The van der Waals surface area contributed by atoms with E-state index in [0.29, 0.717) is 6.42 Å². The molecule has 2 rings (SSSR count). The topological polar surface area (TPSA) is 500 Å². The largest absolute Gasteiger partial charge is 0.480 e. The number of primary amides is 1. The van der Waals surface area contributed by atoms with Gasteiger partial charge in [-0.2, -0.15) is 0 Å². The molecule has 1 aliphatic rings. The van der Waals surface area contributed by atoms with Crippen molar-refractivity contribution in [2.24, 2.45) is 50.3 Å². The zero-order valence-electron chi connectivity index (χ0n) is 42.5. The van der Waals surface area contributed by atoms with E-state index >= 15 is 0 Å². The molecule has 0 aromatic heterocycles. The fourth-order valence-electron chi connectivity index (χ4n) is 7.68. The second-order valence-corrected chi connectivity index (χ2v) is 18.0. The summed E-state index contributed by atoms with van der Waals surface area (Å²) in [7, 11) is 0. The van der Waals surface area contributed by atoms with E-state index in [1.807, 2.05) is 6.07 Å². The van der Waals surface area contributed by atoms with E-state index in [2.05, 4.69) is 47.2 Å². The Morgan fingerprint density at radius 1 is 0.707 bits per heavy atom. The van der Waals surface area contributed by atoms with Crippen molar-refractivity contribution in [3.8, 4) is 0 Å². The number of nitrogens with one attached hydrogen (secondary N) is 7. The summed E-state index contributed by atoms with van der Waals surface area (Å²) in [5, 5.41) is 47.0. The number of aliphatic hydroxyl groups excluding tert-OH is 2. The van der Waals surface area contributed by atoms with E-state index in [1.54, 1.807) is 38.1 Å². The van der Waals surface area contributed by atoms with Crippen LogP contribution in [0.25, 0.3) is 0 Å². The van der Waals surface area contributed by atoms with Crippen LogP contribution < -0.4 is 71.6 Å². The highest BCUT2D eigenvalue weighted by Gasteiger charge is 2.40. The van der Waals surface area contributed by atoms with Gasteiger partial charge < -0.3 is 91.8 Å². The maximum atomic E-state index is 14.2. The van der Waals surface area contributed by atoms with Crippen molar-refractivity contribution in [1.82, 2.24) is 42.1 Å². The number of carboxylic acids is 1. The lowest BCUT2D eigenvalue weighted by Gasteiger charge is -2.31. The van der Waals surface area contributed by atoms with Crippen molar-refractivity contribution in [3.63, 3.8) is 0 Å². The second kappa shape index (κ2) is 32.5. The average Bonchev–Trinajstić information content (AvgIpc) is 3.86. The molecule has 29 nitrogen and oxygen atoms in total. The number of carboxylic acid groups (broad SMARTS) is 1. The highest BCUT2D eigenvalue weighted by molar-refractivity contribution is 5.98. The Bertz CT molecular complexity index is 2170. The molecule has 0 bridgehead atoms. The van der Waals surface area contributed by atoms with Crippen LogP contribution >= 0.6 is 0 Å². The first-order valence-electron chi connectivity index (χ1n) is 24.5. The van der Waals surface area contributed by atoms with Crippen molar-refractivity contribution < 1.29 is 63.3 Å². The molecule has 1 aliphatic heterocycles. The van der Waals surface area contributed by atoms with Crippen LogP contribution in [-0.2, 0) is 54.4 Å². The number of aliphatic hydroxyl groups is 2. The number of hydrogen-bond acceptors (Lipinski definition) is 15. The summed E-state index contributed by atoms with van der Waals surface area (Å²) in [6.45, 7) is 2.84. The first-order valence-corrected chi connectivity index (χ1v) is 24.5. The van der Waals surface area contributed by atoms with Gasteiger partial charge in [-0.25, -0.2) is 4.79 Å². The number of nitrogens with zero attached hydrogens (tertiary/aromatic N) is 3. The van der Waals surface area contributed by atoms with Gasteiger partial charge in [-0.05, 0) is 69.8 Å². The molecule has 1 saturated heterocycles. The summed E-state index contributed by atoms with van der Waals surface area (Å²) < 4.78 is 0. The van der Waals surface area contributed by atoms with Crippen molar-refractivity contribution >= 4 is 71.1 Å². The van der Waals surface area contributed by atoms with Crippen molar-refractivity contribution in [2.75, 3.05) is 32.8 Å². The zero-order chi connectivity index (χ0) is 56.4. The highest BCUT2D eigenvalue weighted by Crippen LogP contribution is 2.21. The number of likely N-dealkylation sites (tertiary alicyclic amines) is 1. The van der Waals surface area contributed by atoms with E-state index in [-0.39, 0.29) is 89.3 Å². The Kier molecular flexibility index (Phi) is 27.5. The molecule has 0 spiro atoms. The minimum Gasteiger partial charge on any atom is -0.480 e. The number of benzene rings is 1. The quantitative estimate of drug-likeness (QED) is 0.0177. The van der Waals surface area contributed by atoms with Crippen LogP contribution in [0.2, 0.25) is 0 Å². The standard InChI is InChI=1S/C46H76N16O13/c1-4-24(2)35(42(72)61-36(25(3)64)41(71)55-22-34(66)56-30(44(74)75)16-17-33(48)65)60-39(69)31(23-63)59-38(68)28(13-8-18-53-45(49)50)57-40(70)32-15-10-20-62(32)43(73)29(14-9-19-54-46(51)52)58-37(67)27(47)21-26-11-6-5-7-12-26/h5-7,11-12,24-25,27-32,35-36,63-64H,4,8-10,13-23,47H2,1-3H3,(H2,48,65)(H,55,71)(H,56,66)(H,57,70)(H,58,67)(H,59,68)(H,60,69)(H,61,72)(H,74,75)(H4,49,50,53)(H4,51,52,54)/t24-,25+,27-,28-,29-,30-,31-,32-,35-,36-/m0/s1. The molecule has 0 aliphatic carbocycles. The van der Waals surface area contributed by atoms with Crippen molar-refractivity contribution in [3.05, 3.63) is 35.9 Å². The Morgan fingerprint density at radius 2 is 1.28 bits per heavy atom. The number of nitrogens with two attached hydrogens (primary N) is 6. The minimum absolute atomic E-state index is 0.0154. The first kappa shape index (κ1) is 63.5. The Hall–Kier alpha value is -7.66. The lowest BCUT2D eigenvalue weighted by Crippen LogP contribution is -2.62. The summed E-state index contributed by atoms with van der Waals surface area (Å²) in [6, 6.07) is -2.12. The molecule has 1 aromatic rings. The number of hydrogen-bond donors (Lipinski definition) is 16. The van der Waals surface area contributed by atoms with Gasteiger partial charge in [-0.1, -0.05) is 50.6 Å². The fourth-order valence-corrected chi connectivity index (χ4v) is 7.68. The predicted octanol–water partition coefficient (Wildman–Crippen LogP) is -6.55. The van der Waals surface area contributed by atoms with E-state index in [1.165, 1.54) is 4.90 Å². The summed E-state index contributed by atoms with van der Waals surface area (Å²) >= 11 is 0. The van der Waals surface area contributed by atoms with Gasteiger partial charge >= 0.3 is 5.97 Å². The molecule has 418 valence electrons. The summed E-state index contributed by atoms with van der Waals surface area (Å²) in [6.07, 6.45) is -0.946. The molecule has 22 N–H and O–H groups in total. The summed E-state index contributed by atoms with van der Waals surface area (Å²) in [4.78, 5) is 141. The highest BCUT2D eigenvalue weighted by atomic mass is 16.4. The fraction of sp³-hybridized carbons (Fsp3) is 0.609. The van der Waals surface area contributed by atoms with Gasteiger partial charge in [0.2, 0.25) is 53.2 Å². The maximum Gasteiger partial charge on any atom is 0.326 e. The number of carbonyl (C=O) groups excluding carboxylic acids is 9. The monoisotopic (exact) mass is 1060 g/mol. The van der Waals surface area contributed by atoms with Crippen LogP contribution in [0.15, 0.2) is 40.3 Å². The number of amides is 9. The van der Waals surface area contributed by atoms with Gasteiger partial charge in [-0.3, -0.25) is 53.1 Å². The lowest BCUT2D eigenvalue weighted by molar-refractivity contribution is -0.142. The normalized spacial score (nSPS) is 16.6. The van der Waals surface area contributed by atoms with Gasteiger partial charge in [-0.15, -0.1) is 0 Å². The molecule has 29 heteroatoms. The lowest BCUT2D eigenvalue weighted by atomic mass is 9.97. The van der Waals surface area contributed by atoms with Crippen molar-refractivity contribution in [1.29, 1.82) is 0 Å². The zero-order valence-corrected chi connectivity index (χ0v) is 42.5. The molecule has 10 atom stereocenters. The van der Waals surface area contributed by atoms with Gasteiger partial charge in [0.05, 0.1) is 25.3 Å². The Balaban J connectivity index is 2.28. The van der Waals surface area contributed by atoms with Crippen LogP contribution in [0.1, 0.15) is 84.1 Å². The van der Waals surface area contributed by atoms with Gasteiger partial charge in [0, 0.05) is 26.1 Å². The summed E-state index contributed by atoms with van der Waals surface area (Å²) in [5.74, 6) is -10.4. The average molecular weight is 1060 g/mol. The van der Waals surface area contributed by atoms with Crippen LogP contribution in [-0.4, -0.2) is 178 Å². The SMILES string of the molecule is CC[C@H](C)[C@H](NC(=O)[C@H](CO)NC(=O)[C@H](CCCN=C(N)N)NC(=O)[C@@H]1CCCN1C(=O)[C@H](CCCN=C(N)N)NC(=O)[C@@H](N)Cc1ccccc1)C(=O)N[C@H](C(=O)NCC(=O)N[C@@H](CCC(N)=O)C(=O)O)[C@@H](C)O. The van der Waals surface area contributed by atoms with Crippen LogP contribution in [0.3, 0.4) is 0 Å². The predicted molar refractivity (Wildman–Crippen MR) is 272 cm³/mol. The number of carbonyl (C=O) groups is 10. The number of rotatable bonds is 33. The van der Waals surface area contributed by atoms with Crippen LogP contribution in [0.5, 0.6) is 0 Å². The molecular weight excluding hydrogens is 985 g/mol. The second-order valence-electron chi connectivity index (χ2n) is 18.0. The van der Waals surface area contributed by atoms with Crippen molar-refractivity contribution in [2.45, 2.75) is 139 Å². The van der Waals surface area contributed by atoms with Crippen LogP contribution in [0.4, 0.5) is 0 Å². The third-order valence-electron chi connectivity index (χ3n) is 12.0. The number of guanidine groups is 2. The van der Waals surface area contributed by atoms with Crippen LogP contribution in [0, 0.1) is 5.92 Å². The molecule has 9 amide bonds. The molecule has 1 fully saturated rings. The molecule has 1 aromatic carbocycles.